The van der Waals surface area contributed by atoms with E-state index in [1.807, 2.05) is 0 Å². The first kappa shape index (κ1) is 20.3. The second-order valence-corrected chi connectivity index (χ2v) is 12.4. The molecule has 3 saturated carbocycles. The first-order valence-corrected chi connectivity index (χ1v) is 12.9. The Morgan fingerprint density at radius 3 is 2.55 bits per heavy atom. The molecule has 0 bridgehead atoms. The third kappa shape index (κ3) is 2.89. The van der Waals surface area contributed by atoms with Crippen LogP contribution >= 0.6 is 0 Å². The summed E-state index contributed by atoms with van der Waals surface area (Å²) >= 11 is 0. The Balaban J connectivity index is 1.36. The minimum Gasteiger partial charge on any atom is -0.393 e. The molecule has 0 saturated heterocycles. The van der Waals surface area contributed by atoms with Crippen LogP contribution in [0.3, 0.4) is 0 Å². The van der Waals surface area contributed by atoms with Crippen LogP contribution in [0.15, 0.2) is 23.3 Å². The second kappa shape index (κ2) is 6.98. The van der Waals surface area contributed by atoms with Gasteiger partial charge in [0.1, 0.15) is 0 Å². The van der Waals surface area contributed by atoms with Gasteiger partial charge in [-0.2, -0.15) is 0 Å². The van der Waals surface area contributed by atoms with Gasteiger partial charge in [-0.3, -0.25) is 0 Å². The second-order valence-electron chi connectivity index (χ2n) is 12.4. The lowest BCUT2D eigenvalue weighted by Crippen LogP contribution is -2.41. The van der Waals surface area contributed by atoms with E-state index in [9.17, 15) is 5.11 Å². The lowest BCUT2D eigenvalue weighted by atomic mass is 9.56. The van der Waals surface area contributed by atoms with E-state index in [2.05, 4.69) is 46.8 Å². The largest absolute Gasteiger partial charge is 0.393 e. The van der Waals surface area contributed by atoms with Crippen molar-refractivity contribution in [2.45, 2.75) is 98.5 Å². The Morgan fingerprint density at radius 2 is 1.79 bits per heavy atom. The van der Waals surface area contributed by atoms with Crippen LogP contribution < -0.4 is 0 Å². The maximum atomic E-state index is 10.3. The fraction of sp³-hybridized carbons (Fsp3) is 0.857. The first-order chi connectivity index (χ1) is 13.8. The Labute approximate surface area is 179 Å². The number of allylic oxidation sites excluding steroid dienone is 3. The lowest BCUT2D eigenvalue weighted by molar-refractivity contribution is 0.0117. The average Bonchev–Trinajstić information content (AvgIpc) is 2.97. The van der Waals surface area contributed by atoms with Gasteiger partial charge in [-0.15, -0.1) is 0 Å². The molecule has 0 unspecified atom stereocenters. The normalized spacial score (nSPS) is 48.2. The van der Waals surface area contributed by atoms with Crippen LogP contribution in [0.25, 0.3) is 0 Å². The molecule has 0 aromatic carbocycles. The summed E-state index contributed by atoms with van der Waals surface area (Å²) in [5.41, 5.74) is 4.70. The number of aliphatic hydroxyl groups is 1. The van der Waals surface area contributed by atoms with E-state index in [1.165, 1.54) is 44.9 Å². The summed E-state index contributed by atoms with van der Waals surface area (Å²) in [6.45, 7) is 12.3. The van der Waals surface area contributed by atoms with E-state index >= 15 is 0 Å². The summed E-state index contributed by atoms with van der Waals surface area (Å²) in [7, 11) is 0. The predicted octanol–water partition coefficient (Wildman–Crippen LogP) is 7.16. The highest BCUT2D eigenvalue weighted by molar-refractivity contribution is 5.42. The first-order valence-electron chi connectivity index (χ1n) is 12.9. The van der Waals surface area contributed by atoms with Crippen molar-refractivity contribution in [3.05, 3.63) is 23.3 Å². The molecule has 0 aromatic heterocycles. The third-order valence-electron chi connectivity index (χ3n) is 10.9. The van der Waals surface area contributed by atoms with Crippen molar-refractivity contribution in [2.24, 2.45) is 52.3 Å². The molecule has 1 N–H and O–H groups in total. The SMILES string of the molecule is CC(C)[C@@H](C)/C=C/[C@@H](C)[C@H]1CC[C@@H]2[C@]1(C)CCC[C@@]21[C@@H]2CC3=C(C[C@@H](O)CC3)[C@@H]21. The Kier molecular flexibility index (Phi) is 4.89. The van der Waals surface area contributed by atoms with E-state index in [4.69, 9.17) is 0 Å². The van der Waals surface area contributed by atoms with Crippen molar-refractivity contribution < 1.29 is 5.11 Å². The molecule has 5 aliphatic carbocycles. The van der Waals surface area contributed by atoms with Gasteiger partial charge >= 0.3 is 0 Å². The van der Waals surface area contributed by atoms with Crippen molar-refractivity contribution in [1.29, 1.82) is 0 Å². The number of fused-ring (bicyclic) bond motifs is 6. The summed E-state index contributed by atoms with van der Waals surface area (Å²) in [5.74, 6) is 5.76. The van der Waals surface area contributed by atoms with Crippen molar-refractivity contribution in [3.63, 3.8) is 0 Å². The summed E-state index contributed by atoms with van der Waals surface area (Å²) in [6, 6.07) is 0. The zero-order chi connectivity index (χ0) is 20.6. The van der Waals surface area contributed by atoms with Crippen LogP contribution in [0.4, 0.5) is 0 Å². The molecule has 0 aromatic rings. The van der Waals surface area contributed by atoms with Crippen LogP contribution in [0.1, 0.15) is 92.4 Å². The Hall–Kier alpha value is -0.560. The third-order valence-corrected chi connectivity index (χ3v) is 10.9. The molecular formula is C28H44O. The molecule has 9 atom stereocenters. The predicted molar refractivity (Wildman–Crippen MR) is 121 cm³/mol. The molecule has 0 aliphatic heterocycles. The van der Waals surface area contributed by atoms with Crippen LogP contribution in [0.5, 0.6) is 0 Å². The van der Waals surface area contributed by atoms with Crippen LogP contribution in [-0.4, -0.2) is 11.2 Å². The topological polar surface area (TPSA) is 20.2 Å². The number of hydrogen-bond donors (Lipinski definition) is 1. The lowest BCUT2D eigenvalue weighted by Gasteiger charge is -2.49. The Morgan fingerprint density at radius 1 is 1.00 bits per heavy atom. The van der Waals surface area contributed by atoms with Crippen molar-refractivity contribution >= 4 is 0 Å². The summed E-state index contributed by atoms with van der Waals surface area (Å²) in [4.78, 5) is 0. The van der Waals surface area contributed by atoms with Gasteiger partial charge in [-0.05, 0) is 104 Å². The molecule has 1 spiro atoms. The molecule has 1 heteroatoms. The smallest absolute Gasteiger partial charge is 0.0580 e. The quantitative estimate of drug-likeness (QED) is 0.500. The molecule has 0 amide bonds. The summed E-state index contributed by atoms with van der Waals surface area (Å²) < 4.78 is 0. The average molecular weight is 397 g/mol. The van der Waals surface area contributed by atoms with E-state index in [1.54, 1.807) is 11.1 Å². The van der Waals surface area contributed by atoms with Crippen LogP contribution in [0, 0.1) is 52.3 Å². The fourth-order valence-corrected chi connectivity index (χ4v) is 9.11. The number of hydrogen-bond acceptors (Lipinski definition) is 1. The maximum absolute atomic E-state index is 10.3. The molecular weight excluding hydrogens is 352 g/mol. The van der Waals surface area contributed by atoms with Crippen LogP contribution in [0.2, 0.25) is 0 Å². The van der Waals surface area contributed by atoms with E-state index < -0.39 is 0 Å². The van der Waals surface area contributed by atoms with E-state index in [-0.39, 0.29) is 6.10 Å². The fourth-order valence-electron chi connectivity index (χ4n) is 9.11. The van der Waals surface area contributed by atoms with E-state index in [0.717, 1.165) is 42.4 Å². The monoisotopic (exact) mass is 396 g/mol. The Bertz CT molecular complexity index is 716. The van der Waals surface area contributed by atoms with Gasteiger partial charge in [0, 0.05) is 0 Å². The number of rotatable bonds is 4. The minimum absolute atomic E-state index is 0.0513. The van der Waals surface area contributed by atoms with Crippen molar-refractivity contribution in [1.82, 2.24) is 0 Å². The molecule has 0 heterocycles. The maximum Gasteiger partial charge on any atom is 0.0580 e. The number of aliphatic hydroxyl groups excluding tert-OH is 1. The van der Waals surface area contributed by atoms with Gasteiger partial charge in [0.05, 0.1) is 6.10 Å². The van der Waals surface area contributed by atoms with Gasteiger partial charge in [0.2, 0.25) is 0 Å². The summed E-state index contributed by atoms with van der Waals surface area (Å²) in [5, 5.41) is 10.3. The zero-order valence-corrected chi connectivity index (χ0v) is 19.6. The highest BCUT2D eigenvalue weighted by Gasteiger charge is 2.75. The molecule has 3 fully saturated rings. The molecule has 1 nitrogen and oxygen atoms in total. The van der Waals surface area contributed by atoms with Crippen LogP contribution in [-0.2, 0) is 0 Å². The molecule has 5 aliphatic rings. The van der Waals surface area contributed by atoms with Gasteiger partial charge in [0.25, 0.3) is 0 Å². The standard InChI is InChI=1S/C28H44O/c1-17(2)18(3)7-8-19(4)23-11-12-25-27(23,5)13-6-14-28(25)24-15-20-9-10-21(29)16-22(20)26(24)28/h7-8,17-19,21,23-26,29H,6,9-16H2,1-5H3/b8-7+/t18-,19+,21-,23+,24+,25+,26-,27+,28+/m0/s1. The van der Waals surface area contributed by atoms with Crippen molar-refractivity contribution in [2.75, 3.05) is 0 Å². The minimum atomic E-state index is -0.0513. The molecule has 162 valence electrons. The molecule has 29 heavy (non-hydrogen) atoms. The van der Waals surface area contributed by atoms with Gasteiger partial charge in [-0.1, -0.05) is 64.3 Å². The molecule has 0 radical (unpaired) electrons. The van der Waals surface area contributed by atoms with Gasteiger partial charge in [-0.25, -0.2) is 0 Å². The molecule has 5 rings (SSSR count). The summed E-state index contributed by atoms with van der Waals surface area (Å²) in [6.07, 6.45) is 17.0. The highest BCUT2D eigenvalue weighted by atomic mass is 16.3. The van der Waals surface area contributed by atoms with Crippen molar-refractivity contribution in [3.8, 4) is 0 Å². The van der Waals surface area contributed by atoms with E-state index in [0.29, 0.717) is 22.7 Å². The highest BCUT2D eigenvalue weighted by Crippen LogP contribution is 2.82. The van der Waals surface area contributed by atoms with Gasteiger partial charge in [0.15, 0.2) is 0 Å². The zero-order valence-electron chi connectivity index (χ0n) is 19.6. The van der Waals surface area contributed by atoms with Gasteiger partial charge < -0.3 is 5.11 Å².